The molecule has 0 aromatic rings. The molecule has 1 unspecified atom stereocenters. The number of esters is 1. The summed E-state index contributed by atoms with van der Waals surface area (Å²) < 4.78 is 4.74. The van der Waals surface area contributed by atoms with Crippen molar-refractivity contribution in [2.75, 3.05) is 6.61 Å². The number of rotatable bonds is 8. The first-order valence-electron chi connectivity index (χ1n) is 6.34. The second kappa shape index (κ2) is 11.0. The average Bonchev–Trinajstić information content (AvgIpc) is 2.34. The minimum atomic E-state index is -1.30. The zero-order valence-electron chi connectivity index (χ0n) is 11.7. The second-order valence-electron chi connectivity index (χ2n) is 4.23. The molecular formula is C12H25ClN2O4. The topological polar surface area (TPSA) is 102 Å². The van der Waals surface area contributed by atoms with E-state index in [1.807, 2.05) is 6.92 Å². The Morgan fingerprint density at radius 2 is 1.95 bits per heavy atom. The third-order valence-electron chi connectivity index (χ3n) is 2.56. The van der Waals surface area contributed by atoms with Gasteiger partial charge in [-0.3, -0.25) is 4.79 Å². The van der Waals surface area contributed by atoms with Crippen molar-refractivity contribution in [1.82, 2.24) is 5.32 Å². The fraction of sp³-hybridized carbons (Fsp3) is 0.833. The van der Waals surface area contributed by atoms with E-state index >= 15 is 0 Å². The standard InChI is InChI=1S/C12H24N2O4.ClH/c1-4-6-7-9(13)10(15)11(16)14-8(3)12(17)18-5-2;/h8-10,15H,4-7,13H2,1-3H3,(H,14,16);1H/t8-,9+,10?;/m0./s1. The van der Waals surface area contributed by atoms with Gasteiger partial charge >= 0.3 is 5.97 Å². The lowest BCUT2D eigenvalue weighted by Gasteiger charge is -2.20. The van der Waals surface area contributed by atoms with E-state index in [-0.39, 0.29) is 19.0 Å². The number of ether oxygens (including phenoxy) is 1. The van der Waals surface area contributed by atoms with Crippen molar-refractivity contribution in [3.05, 3.63) is 0 Å². The number of hydrogen-bond donors (Lipinski definition) is 3. The number of unbranched alkanes of at least 4 members (excludes halogenated alkanes) is 1. The Labute approximate surface area is 120 Å². The SMILES string of the molecule is CCCC[C@@H](N)C(O)C(=O)N[C@@H](C)C(=O)OCC.Cl. The average molecular weight is 297 g/mol. The Morgan fingerprint density at radius 1 is 1.37 bits per heavy atom. The van der Waals surface area contributed by atoms with Gasteiger partial charge in [0.05, 0.1) is 6.61 Å². The molecule has 0 rings (SSSR count). The van der Waals surface area contributed by atoms with Crippen LogP contribution in [-0.2, 0) is 14.3 Å². The van der Waals surface area contributed by atoms with Crippen LogP contribution in [0.15, 0.2) is 0 Å². The Kier molecular flexibility index (Phi) is 11.9. The van der Waals surface area contributed by atoms with Crippen molar-refractivity contribution in [3.63, 3.8) is 0 Å². The summed E-state index contributed by atoms with van der Waals surface area (Å²) in [6, 6.07) is -1.40. The number of aliphatic hydroxyl groups is 1. The normalized spacial score (nSPS) is 14.8. The Hall–Kier alpha value is -0.850. The van der Waals surface area contributed by atoms with E-state index in [0.717, 1.165) is 12.8 Å². The predicted octanol–water partition coefficient (Wildman–Crippen LogP) is 0.354. The van der Waals surface area contributed by atoms with Crippen LogP contribution >= 0.6 is 12.4 Å². The monoisotopic (exact) mass is 296 g/mol. The summed E-state index contributed by atoms with van der Waals surface area (Å²) in [4.78, 5) is 22.9. The van der Waals surface area contributed by atoms with Crippen LogP contribution in [0.2, 0.25) is 0 Å². The molecular weight excluding hydrogens is 272 g/mol. The van der Waals surface area contributed by atoms with Crippen molar-refractivity contribution in [1.29, 1.82) is 0 Å². The minimum Gasteiger partial charge on any atom is -0.464 e. The van der Waals surface area contributed by atoms with Gasteiger partial charge < -0.3 is 20.9 Å². The summed E-state index contributed by atoms with van der Waals surface area (Å²) in [5, 5.41) is 12.1. The summed E-state index contributed by atoms with van der Waals surface area (Å²) in [6.45, 7) is 5.43. The van der Waals surface area contributed by atoms with E-state index < -0.39 is 30.1 Å². The smallest absolute Gasteiger partial charge is 0.328 e. The minimum absolute atomic E-state index is 0. The molecule has 0 aliphatic rings. The molecule has 19 heavy (non-hydrogen) atoms. The van der Waals surface area contributed by atoms with E-state index in [1.165, 1.54) is 6.92 Å². The van der Waals surface area contributed by atoms with Crippen LogP contribution in [0.25, 0.3) is 0 Å². The maximum Gasteiger partial charge on any atom is 0.328 e. The number of nitrogens with two attached hydrogens (primary N) is 1. The van der Waals surface area contributed by atoms with Gasteiger partial charge in [0.2, 0.25) is 0 Å². The quantitative estimate of drug-likeness (QED) is 0.561. The van der Waals surface area contributed by atoms with Crippen molar-refractivity contribution in [2.24, 2.45) is 5.73 Å². The fourth-order valence-electron chi connectivity index (χ4n) is 1.42. The molecule has 0 aliphatic carbocycles. The van der Waals surface area contributed by atoms with E-state index in [0.29, 0.717) is 6.42 Å². The van der Waals surface area contributed by atoms with Gasteiger partial charge in [-0.2, -0.15) is 0 Å². The van der Waals surface area contributed by atoms with E-state index in [9.17, 15) is 14.7 Å². The van der Waals surface area contributed by atoms with Crippen LogP contribution < -0.4 is 11.1 Å². The van der Waals surface area contributed by atoms with Gasteiger partial charge in [-0.1, -0.05) is 19.8 Å². The third kappa shape index (κ3) is 8.02. The summed E-state index contributed by atoms with van der Waals surface area (Å²) in [6.07, 6.45) is 1.06. The summed E-state index contributed by atoms with van der Waals surface area (Å²) in [7, 11) is 0. The lowest BCUT2D eigenvalue weighted by atomic mass is 10.0. The molecule has 1 amide bonds. The zero-order chi connectivity index (χ0) is 14.1. The van der Waals surface area contributed by atoms with Crippen LogP contribution in [0.1, 0.15) is 40.0 Å². The van der Waals surface area contributed by atoms with E-state index in [2.05, 4.69) is 5.32 Å². The molecule has 0 radical (unpaired) electrons. The van der Waals surface area contributed by atoms with E-state index in [1.54, 1.807) is 6.92 Å². The molecule has 0 fully saturated rings. The highest BCUT2D eigenvalue weighted by atomic mass is 35.5. The molecule has 0 aliphatic heterocycles. The lowest BCUT2D eigenvalue weighted by Crippen LogP contribution is -2.50. The first-order valence-corrected chi connectivity index (χ1v) is 6.34. The molecule has 7 heteroatoms. The van der Waals surface area contributed by atoms with Crippen LogP contribution in [-0.4, -0.2) is 41.8 Å². The zero-order valence-corrected chi connectivity index (χ0v) is 12.5. The second-order valence-corrected chi connectivity index (χ2v) is 4.23. The number of carbonyl (C=O) groups excluding carboxylic acids is 2. The first kappa shape index (κ1) is 20.5. The molecule has 3 atom stereocenters. The molecule has 4 N–H and O–H groups in total. The first-order chi connectivity index (χ1) is 8.43. The predicted molar refractivity (Wildman–Crippen MR) is 75.0 cm³/mol. The van der Waals surface area contributed by atoms with Crippen molar-refractivity contribution < 1.29 is 19.4 Å². The highest BCUT2D eigenvalue weighted by Gasteiger charge is 2.25. The maximum absolute atomic E-state index is 11.6. The van der Waals surface area contributed by atoms with Gasteiger partial charge in [-0.05, 0) is 20.3 Å². The van der Waals surface area contributed by atoms with Gasteiger partial charge in [0, 0.05) is 6.04 Å². The Bertz CT molecular complexity index is 276. The molecule has 6 nitrogen and oxygen atoms in total. The molecule has 0 saturated heterocycles. The van der Waals surface area contributed by atoms with Gasteiger partial charge in [-0.15, -0.1) is 12.4 Å². The van der Waals surface area contributed by atoms with Crippen molar-refractivity contribution in [2.45, 2.75) is 58.2 Å². The number of nitrogens with one attached hydrogen (secondary N) is 1. The highest BCUT2D eigenvalue weighted by molar-refractivity contribution is 5.87. The van der Waals surface area contributed by atoms with Gasteiger partial charge in [0.25, 0.3) is 5.91 Å². The molecule has 0 heterocycles. The molecule has 114 valence electrons. The van der Waals surface area contributed by atoms with Crippen LogP contribution in [0, 0.1) is 0 Å². The summed E-state index contributed by atoms with van der Waals surface area (Å²) >= 11 is 0. The third-order valence-corrected chi connectivity index (χ3v) is 2.56. The number of hydrogen-bond acceptors (Lipinski definition) is 5. The molecule has 0 aromatic heterocycles. The number of aliphatic hydroxyl groups excluding tert-OH is 1. The summed E-state index contributed by atoms with van der Waals surface area (Å²) in [5.74, 6) is -1.17. The van der Waals surface area contributed by atoms with Crippen LogP contribution in [0.3, 0.4) is 0 Å². The van der Waals surface area contributed by atoms with E-state index in [4.69, 9.17) is 10.5 Å². The lowest BCUT2D eigenvalue weighted by molar-refractivity contribution is -0.148. The molecule has 0 saturated carbocycles. The van der Waals surface area contributed by atoms with Gasteiger partial charge in [-0.25, -0.2) is 4.79 Å². The highest BCUT2D eigenvalue weighted by Crippen LogP contribution is 2.03. The number of halogens is 1. The molecule has 0 aromatic carbocycles. The van der Waals surface area contributed by atoms with Gasteiger partial charge in [0.1, 0.15) is 12.1 Å². The van der Waals surface area contributed by atoms with Crippen molar-refractivity contribution in [3.8, 4) is 0 Å². The van der Waals surface area contributed by atoms with Crippen LogP contribution in [0.4, 0.5) is 0 Å². The fourth-order valence-corrected chi connectivity index (χ4v) is 1.42. The van der Waals surface area contributed by atoms with Crippen LogP contribution in [0.5, 0.6) is 0 Å². The summed E-state index contributed by atoms with van der Waals surface area (Å²) in [5.41, 5.74) is 5.69. The number of amides is 1. The number of carbonyl (C=O) groups is 2. The Balaban J connectivity index is 0. The molecule has 0 bridgehead atoms. The van der Waals surface area contributed by atoms with Crippen molar-refractivity contribution >= 4 is 24.3 Å². The maximum atomic E-state index is 11.6. The Morgan fingerprint density at radius 3 is 2.42 bits per heavy atom. The largest absolute Gasteiger partial charge is 0.464 e. The van der Waals surface area contributed by atoms with Gasteiger partial charge in [0.15, 0.2) is 0 Å². The molecule has 0 spiro atoms.